The topological polar surface area (TPSA) is 32.7 Å². The van der Waals surface area contributed by atoms with E-state index in [1.807, 2.05) is 0 Å². The van der Waals surface area contributed by atoms with Gasteiger partial charge in [-0.3, -0.25) is 4.90 Å². The highest BCUT2D eigenvalue weighted by Gasteiger charge is 2.35. The Kier molecular flexibility index (Phi) is 5.69. The van der Waals surface area contributed by atoms with E-state index in [0.717, 1.165) is 19.3 Å². The van der Waals surface area contributed by atoms with Crippen LogP contribution in [-0.4, -0.2) is 55.1 Å². The zero-order valence-corrected chi connectivity index (χ0v) is 10.0. The summed E-state index contributed by atoms with van der Waals surface area (Å²) < 4.78 is 42.4. The molecule has 0 aromatic carbocycles. The Labute approximate surface area is 99.5 Å². The van der Waals surface area contributed by atoms with Crippen LogP contribution in [0.1, 0.15) is 25.7 Å². The monoisotopic (exact) mass is 255 g/mol. The number of nitrogens with zero attached hydrogens (tertiary/aromatic N) is 1. The fourth-order valence-electron chi connectivity index (χ4n) is 2.42. The molecule has 0 bridgehead atoms. The van der Waals surface area contributed by atoms with E-state index in [1.165, 1.54) is 4.90 Å². The molecule has 2 atom stereocenters. The molecule has 0 radical (unpaired) electrons. The lowest BCUT2D eigenvalue weighted by Gasteiger charge is -2.37. The molecule has 0 amide bonds. The van der Waals surface area contributed by atoms with Crippen molar-refractivity contribution < 1.29 is 23.0 Å². The highest BCUT2D eigenvalue weighted by Crippen LogP contribution is 2.27. The molecule has 1 rings (SSSR count). The van der Waals surface area contributed by atoms with E-state index < -0.39 is 12.7 Å². The van der Waals surface area contributed by atoms with E-state index in [2.05, 4.69) is 0 Å². The van der Waals surface area contributed by atoms with Crippen molar-refractivity contribution in [3.63, 3.8) is 0 Å². The lowest BCUT2D eigenvalue weighted by atomic mass is 9.91. The minimum atomic E-state index is -4.21. The predicted octanol–water partition coefficient (Wildman–Crippen LogP) is 1.80. The minimum Gasteiger partial charge on any atom is -0.395 e. The van der Waals surface area contributed by atoms with Gasteiger partial charge in [-0.1, -0.05) is 0 Å². The predicted molar refractivity (Wildman–Crippen MR) is 57.8 cm³/mol. The van der Waals surface area contributed by atoms with Gasteiger partial charge in [0.2, 0.25) is 0 Å². The van der Waals surface area contributed by atoms with Crippen LogP contribution in [0.2, 0.25) is 0 Å². The first kappa shape index (κ1) is 14.7. The summed E-state index contributed by atoms with van der Waals surface area (Å²) in [5, 5.41) is 8.85. The lowest BCUT2D eigenvalue weighted by molar-refractivity contribution is -0.155. The zero-order valence-electron chi connectivity index (χ0n) is 10.0. The molecule has 1 saturated carbocycles. The molecular weight excluding hydrogens is 235 g/mol. The molecule has 102 valence electrons. The smallest absolute Gasteiger partial charge is 0.395 e. The first-order valence-electron chi connectivity index (χ1n) is 5.90. The highest BCUT2D eigenvalue weighted by atomic mass is 19.4. The number of aliphatic hydroxyl groups is 1. The Balaban J connectivity index is 2.56. The standard InChI is InChI=1S/C11H20F3NO2/c1-17-10-4-2-3-9(7-10)15(5-6-16)8-11(12,13)14/h9-10,16H,2-8H2,1H3. The molecule has 0 saturated heterocycles. The highest BCUT2D eigenvalue weighted by molar-refractivity contribution is 4.82. The number of methoxy groups -OCH3 is 1. The fraction of sp³-hybridized carbons (Fsp3) is 1.00. The number of rotatable bonds is 5. The summed E-state index contributed by atoms with van der Waals surface area (Å²) in [5.41, 5.74) is 0. The third kappa shape index (κ3) is 5.23. The van der Waals surface area contributed by atoms with E-state index in [9.17, 15) is 13.2 Å². The van der Waals surface area contributed by atoms with Gasteiger partial charge in [0.1, 0.15) is 0 Å². The SMILES string of the molecule is COC1CCCC(N(CCO)CC(F)(F)F)C1. The molecule has 0 spiro atoms. The van der Waals surface area contributed by atoms with Crippen molar-refractivity contribution in [1.82, 2.24) is 4.90 Å². The van der Waals surface area contributed by atoms with Crippen molar-refractivity contribution in [3.8, 4) is 0 Å². The molecular formula is C11H20F3NO2. The van der Waals surface area contributed by atoms with E-state index in [0.29, 0.717) is 6.42 Å². The van der Waals surface area contributed by atoms with Gasteiger partial charge in [-0.15, -0.1) is 0 Å². The summed E-state index contributed by atoms with van der Waals surface area (Å²) in [4.78, 5) is 1.32. The number of aliphatic hydroxyl groups excluding tert-OH is 1. The Hall–Kier alpha value is -0.330. The quantitative estimate of drug-likeness (QED) is 0.813. The number of hydrogen-bond acceptors (Lipinski definition) is 3. The molecule has 1 fully saturated rings. The maximum atomic E-state index is 12.4. The van der Waals surface area contributed by atoms with Crippen LogP contribution >= 0.6 is 0 Å². The van der Waals surface area contributed by atoms with Gasteiger partial charge in [0.05, 0.1) is 19.3 Å². The van der Waals surface area contributed by atoms with Gasteiger partial charge >= 0.3 is 6.18 Å². The van der Waals surface area contributed by atoms with Crippen LogP contribution in [0.3, 0.4) is 0 Å². The average molecular weight is 255 g/mol. The van der Waals surface area contributed by atoms with Crippen molar-refractivity contribution in [2.75, 3.05) is 26.8 Å². The van der Waals surface area contributed by atoms with Crippen molar-refractivity contribution in [2.45, 2.75) is 44.0 Å². The molecule has 1 aliphatic carbocycles. The third-order valence-electron chi connectivity index (χ3n) is 3.22. The molecule has 0 aromatic rings. The van der Waals surface area contributed by atoms with Crippen molar-refractivity contribution in [1.29, 1.82) is 0 Å². The van der Waals surface area contributed by atoms with Gasteiger partial charge in [-0.05, 0) is 25.7 Å². The maximum absolute atomic E-state index is 12.4. The van der Waals surface area contributed by atoms with Gasteiger partial charge in [0, 0.05) is 19.7 Å². The zero-order chi connectivity index (χ0) is 12.9. The van der Waals surface area contributed by atoms with E-state index in [-0.39, 0.29) is 25.3 Å². The Bertz CT molecular complexity index is 223. The number of hydrogen-bond donors (Lipinski definition) is 1. The summed E-state index contributed by atoms with van der Waals surface area (Å²) in [5.74, 6) is 0. The second-order valence-electron chi connectivity index (χ2n) is 4.49. The molecule has 0 aromatic heterocycles. The second kappa shape index (κ2) is 6.56. The number of ether oxygens (including phenoxy) is 1. The van der Waals surface area contributed by atoms with Crippen LogP contribution in [0, 0.1) is 0 Å². The fourth-order valence-corrected chi connectivity index (χ4v) is 2.42. The molecule has 0 aliphatic heterocycles. The second-order valence-corrected chi connectivity index (χ2v) is 4.49. The van der Waals surface area contributed by atoms with Crippen molar-refractivity contribution in [3.05, 3.63) is 0 Å². The number of alkyl halides is 3. The van der Waals surface area contributed by atoms with Crippen LogP contribution in [0.5, 0.6) is 0 Å². The van der Waals surface area contributed by atoms with Gasteiger partial charge in [0.25, 0.3) is 0 Å². The van der Waals surface area contributed by atoms with Crippen molar-refractivity contribution in [2.24, 2.45) is 0 Å². The van der Waals surface area contributed by atoms with Crippen molar-refractivity contribution >= 4 is 0 Å². The van der Waals surface area contributed by atoms with Crippen LogP contribution in [0.4, 0.5) is 13.2 Å². The minimum absolute atomic E-state index is 0.0446. The van der Waals surface area contributed by atoms with Gasteiger partial charge in [-0.25, -0.2) is 0 Å². The van der Waals surface area contributed by atoms with Gasteiger partial charge in [0.15, 0.2) is 0 Å². The molecule has 1 N–H and O–H groups in total. The number of halogens is 3. The van der Waals surface area contributed by atoms with E-state index >= 15 is 0 Å². The van der Waals surface area contributed by atoms with Gasteiger partial charge in [-0.2, -0.15) is 13.2 Å². The Morgan fingerprint density at radius 2 is 2.06 bits per heavy atom. The summed E-state index contributed by atoms with van der Waals surface area (Å²) >= 11 is 0. The molecule has 3 nitrogen and oxygen atoms in total. The summed E-state index contributed by atoms with van der Waals surface area (Å²) in [6, 6.07) is -0.137. The largest absolute Gasteiger partial charge is 0.401 e. The first-order chi connectivity index (χ1) is 7.96. The van der Waals surface area contributed by atoms with E-state index in [4.69, 9.17) is 9.84 Å². The van der Waals surface area contributed by atoms with Crippen LogP contribution in [-0.2, 0) is 4.74 Å². The van der Waals surface area contributed by atoms with Crippen LogP contribution < -0.4 is 0 Å². The van der Waals surface area contributed by atoms with Crippen LogP contribution in [0.15, 0.2) is 0 Å². The molecule has 2 unspecified atom stereocenters. The first-order valence-corrected chi connectivity index (χ1v) is 5.90. The normalized spacial score (nSPS) is 26.5. The van der Waals surface area contributed by atoms with E-state index in [1.54, 1.807) is 7.11 Å². The molecule has 0 heterocycles. The summed E-state index contributed by atoms with van der Waals surface area (Å²) in [7, 11) is 1.59. The maximum Gasteiger partial charge on any atom is 0.401 e. The molecule has 1 aliphatic rings. The Morgan fingerprint density at radius 1 is 1.35 bits per heavy atom. The summed E-state index contributed by atoms with van der Waals surface area (Å²) in [6.07, 6.45) is -1.02. The van der Waals surface area contributed by atoms with Crippen LogP contribution in [0.25, 0.3) is 0 Å². The lowest BCUT2D eigenvalue weighted by Crippen LogP contribution is -2.46. The van der Waals surface area contributed by atoms with Gasteiger partial charge < -0.3 is 9.84 Å². The average Bonchev–Trinajstić information content (AvgIpc) is 2.27. The summed E-state index contributed by atoms with van der Waals surface area (Å²) in [6.45, 7) is -1.13. The molecule has 6 heteroatoms. The third-order valence-corrected chi connectivity index (χ3v) is 3.22. The molecule has 17 heavy (non-hydrogen) atoms. The Morgan fingerprint density at radius 3 is 2.59 bits per heavy atom.